The highest BCUT2D eigenvalue weighted by molar-refractivity contribution is 5.99. The van der Waals surface area contributed by atoms with Crippen molar-refractivity contribution in [1.82, 2.24) is 5.32 Å². The molecule has 3 heteroatoms. The largest absolute Gasteiger partial charge is 0.398 e. The minimum absolute atomic E-state index is 0.0350. The molecule has 1 aliphatic carbocycles. The number of benzene rings is 1. The van der Waals surface area contributed by atoms with Gasteiger partial charge in [-0.15, -0.1) is 0 Å². The lowest BCUT2D eigenvalue weighted by molar-refractivity contribution is 0.0892. The van der Waals surface area contributed by atoms with E-state index in [2.05, 4.69) is 19.2 Å². The molecule has 3 unspecified atom stereocenters. The molecule has 2 rings (SSSR count). The summed E-state index contributed by atoms with van der Waals surface area (Å²) in [6.45, 7) is 6.47. The second kappa shape index (κ2) is 5.64. The van der Waals surface area contributed by atoms with E-state index in [1.54, 1.807) is 6.07 Å². The molecule has 1 aliphatic rings. The molecule has 19 heavy (non-hydrogen) atoms. The highest BCUT2D eigenvalue weighted by atomic mass is 16.1. The zero-order valence-corrected chi connectivity index (χ0v) is 12.1. The lowest BCUT2D eigenvalue weighted by Crippen LogP contribution is -2.43. The van der Waals surface area contributed by atoms with Crippen LogP contribution >= 0.6 is 0 Å². The van der Waals surface area contributed by atoms with Crippen LogP contribution in [0.15, 0.2) is 18.2 Å². The summed E-state index contributed by atoms with van der Waals surface area (Å²) in [5.74, 6) is 1.17. The number of hydrogen-bond donors (Lipinski definition) is 2. The molecule has 1 amide bonds. The van der Waals surface area contributed by atoms with Gasteiger partial charge in [0, 0.05) is 11.7 Å². The van der Waals surface area contributed by atoms with Gasteiger partial charge in [0.25, 0.3) is 5.91 Å². The Kier molecular flexibility index (Phi) is 4.13. The number of aryl methyl sites for hydroxylation is 1. The van der Waals surface area contributed by atoms with Crippen LogP contribution in [-0.2, 0) is 0 Å². The number of rotatable bonds is 2. The maximum absolute atomic E-state index is 12.3. The number of nitrogen functional groups attached to an aromatic ring is 1. The normalized spacial score (nSPS) is 27.0. The standard InChI is InChI=1S/C16H24N2O/c1-10-7-8-14(17)13(9-10)16(19)18-15-6-4-5-11(2)12(15)3/h7-9,11-12,15H,4-6,17H2,1-3H3,(H,18,19). The SMILES string of the molecule is Cc1ccc(N)c(C(=O)NC2CCCC(C)C2C)c1. The number of carbonyl (C=O) groups is 1. The van der Waals surface area contributed by atoms with E-state index in [1.165, 1.54) is 12.8 Å². The van der Waals surface area contributed by atoms with E-state index in [4.69, 9.17) is 5.73 Å². The molecule has 3 nitrogen and oxygen atoms in total. The van der Waals surface area contributed by atoms with E-state index >= 15 is 0 Å². The molecular formula is C16H24N2O. The Morgan fingerprint density at radius 2 is 2.05 bits per heavy atom. The third-order valence-corrected chi connectivity index (χ3v) is 4.48. The number of amides is 1. The summed E-state index contributed by atoms with van der Waals surface area (Å²) in [6, 6.07) is 5.87. The number of nitrogens with one attached hydrogen (secondary N) is 1. The summed E-state index contributed by atoms with van der Waals surface area (Å²) in [5.41, 5.74) is 8.11. The molecule has 0 radical (unpaired) electrons. The van der Waals surface area contributed by atoms with Crippen molar-refractivity contribution in [2.24, 2.45) is 11.8 Å². The van der Waals surface area contributed by atoms with E-state index < -0.39 is 0 Å². The number of carbonyl (C=O) groups excluding carboxylic acids is 1. The Morgan fingerprint density at radius 1 is 1.32 bits per heavy atom. The fourth-order valence-corrected chi connectivity index (χ4v) is 2.90. The second-order valence-corrected chi connectivity index (χ2v) is 5.94. The van der Waals surface area contributed by atoms with Crippen LogP contribution in [0.1, 0.15) is 49.0 Å². The number of hydrogen-bond acceptors (Lipinski definition) is 2. The maximum atomic E-state index is 12.3. The Hall–Kier alpha value is -1.51. The van der Waals surface area contributed by atoms with Crippen molar-refractivity contribution in [3.8, 4) is 0 Å². The van der Waals surface area contributed by atoms with Gasteiger partial charge in [0.2, 0.25) is 0 Å². The molecule has 104 valence electrons. The van der Waals surface area contributed by atoms with Crippen LogP contribution in [0.3, 0.4) is 0 Å². The average molecular weight is 260 g/mol. The topological polar surface area (TPSA) is 55.1 Å². The molecule has 0 bridgehead atoms. The van der Waals surface area contributed by atoms with Gasteiger partial charge < -0.3 is 11.1 Å². The second-order valence-electron chi connectivity index (χ2n) is 5.94. The predicted octanol–water partition coefficient (Wildman–Crippen LogP) is 3.13. The van der Waals surface area contributed by atoms with Gasteiger partial charge in [0.15, 0.2) is 0 Å². The summed E-state index contributed by atoms with van der Waals surface area (Å²) < 4.78 is 0. The molecule has 1 aromatic rings. The van der Waals surface area contributed by atoms with Crippen LogP contribution in [0, 0.1) is 18.8 Å². The van der Waals surface area contributed by atoms with Gasteiger partial charge in [-0.2, -0.15) is 0 Å². The molecule has 0 saturated heterocycles. The first-order valence-corrected chi connectivity index (χ1v) is 7.16. The molecule has 1 aromatic carbocycles. The summed E-state index contributed by atoms with van der Waals surface area (Å²) in [5, 5.41) is 3.16. The quantitative estimate of drug-likeness (QED) is 0.803. The third-order valence-electron chi connectivity index (χ3n) is 4.48. The van der Waals surface area contributed by atoms with Crippen molar-refractivity contribution in [3.63, 3.8) is 0 Å². The van der Waals surface area contributed by atoms with E-state index in [-0.39, 0.29) is 11.9 Å². The minimum Gasteiger partial charge on any atom is -0.398 e. The van der Waals surface area contributed by atoms with Crippen molar-refractivity contribution >= 4 is 11.6 Å². The predicted molar refractivity (Wildman–Crippen MR) is 79.0 cm³/mol. The fourth-order valence-electron chi connectivity index (χ4n) is 2.90. The van der Waals surface area contributed by atoms with Crippen LogP contribution in [-0.4, -0.2) is 11.9 Å². The molecule has 0 aromatic heterocycles. The summed E-state index contributed by atoms with van der Waals surface area (Å²) in [6.07, 6.45) is 3.53. The van der Waals surface area contributed by atoms with Gasteiger partial charge in [-0.1, -0.05) is 38.3 Å². The zero-order valence-electron chi connectivity index (χ0n) is 12.1. The zero-order chi connectivity index (χ0) is 14.0. The van der Waals surface area contributed by atoms with Crippen molar-refractivity contribution in [3.05, 3.63) is 29.3 Å². The smallest absolute Gasteiger partial charge is 0.253 e. The molecule has 0 aliphatic heterocycles. The molecule has 3 atom stereocenters. The van der Waals surface area contributed by atoms with Crippen LogP contribution in [0.4, 0.5) is 5.69 Å². The molecule has 0 heterocycles. The summed E-state index contributed by atoms with van der Waals surface area (Å²) in [4.78, 5) is 12.3. The van der Waals surface area contributed by atoms with Gasteiger partial charge in [-0.05, 0) is 37.3 Å². The number of anilines is 1. The Morgan fingerprint density at radius 3 is 2.79 bits per heavy atom. The van der Waals surface area contributed by atoms with Gasteiger partial charge in [-0.25, -0.2) is 0 Å². The molecule has 0 spiro atoms. The van der Waals surface area contributed by atoms with Gasteiger partial charge >= 0.3 is 0 Å². The highest BCUT2D eigenvalue weighted by Crippen LogP contribution is 2.29. The van der Waals surface area contributed by atoms with Crippen LogP contribution in [0.2, 0.25) is 0 Å². The minimum atomic E-state index is -0.0350. The first kappa shape index (κ1) is 13.9. The first-order chi connectivity index (χ1) is 8.99. The summed E-state index contributed by atoms with van der Waals surface area (Å²) >= 11 is 0. The van der Waals surface area contributed by atoms with E-state index in [0.717, 1.165) is 12.0 Å². The van der Waals surface area contributed by atoms with Crippen LogP contribution in [0.5, 0.6) is 0 Å². The van der Waals surface area contributed by atoms with Gasteiger partial charge in [-0.3, -0.25) is 4.79 Å². The van der Waals surface area contributed by atoms with Crippen molar-refractivity contribution in [2.75, 3.05) is 5.73 Å². The van der Waals surface area contributed by atoms with E-state index in [0.29, 0.717) is 23.1 Å². The van der Waals surface area contributed by atoms with Gasteiger partial charge in [0.05, 0.1) is 5.56 Å². The van der Waals surface area contributed by atoms with Crippen LogP contribution < -0.4 is 11.1 Å². The molecule has 1 saturated carbocycles. The van der Waals surface area contributed by atoms with Crippen molar-refractivity contribution < 1.29 is 4.79 Å². The lowest BCUT2D eigenvalue weighted by Gasteiger charge is -2.34. The fraction of sp³-hybridized carbons (Fsp3) is 0.562. The van der Waals surface area contributed by atoms with Gasteiger partial charge in [0.1, 0.15) is 0 Å². The molecule has 3 N–H and O–H groups in total. The summed E-state index contributed by atoms with van der Waals surface area (Å²) in [7, 11) is 0. The first-order valence-electron chi connectivity index (χ1n) is 7.16. The van der Waals surface area contributed by atoms with E-state index in [9.17, 15) is 4.79 Å². The monoisotopic (exact) mass is 260 g/mol. The highest BCUT2D eigenvalue weighted by Gasteiger charge is 2.28. The Balaban J connectivity index is 2.10. The average Bonchev–Trinajstić information content (AvgIpc) is 2.38. The van der Waals surface area contributed by atoms with E-state index in [1.807, 2.05) is 19.1 Å². The Labute approximate surface area is 115 Å². The van der Waals surface area contributed by atoms with Crippen LogP contribution in [0.25, 0.3) is 0 Å². The van der Waals surface area contributed by atoms with Crippen molar-refractivity contribution in [2.45, 2.75) is 46.1 Å². The lowest BCUT2D eigenvalue weighted by atomic mass is 9.78. The molecule has 1 fully saturated rings. The molecular weight excluding hydrogens is 236 g/mol. The number of nitrogens with two attached hydrogens (primary N) is 1. The third kappa shape index (κ3) is 3.09. The Bertz CT molecular complexity index is 470. The van der Waals surface area contributed by atoms with Crippen molar-refractivity contribution in [1.29, 1.82) is 0 Å². The maximum Gasteiger partial charge on any atom is 0.253 e.